The van der Waals surface area contributed by atoms with Gasteiger partial charge in [-0.15, -0.1) is 0 Å². The molecule has 0 bridgehead atoms. The molecule has 0 fully saturated rings. The van der Waals surface area contributed by atoms with E-state index >= 15 is 0 Å². The van der Waals surface area contributed by atoms with Gasteiger partial charge in [-0.3, -0.25) is 4.68 Å². The van der Waals surface area contributed by atoms with Gasteiger partial charge < -0.3 is 11.1 Å². The van der Waals surface area contributed by atoms with Gasteiger partial charge in [-0.25, -0.2) is 0 Å². The zero-order valence-corrected chi connectivity index (χ0v) is 10.2. The molecular weight excluding hydrogens is 226 g/mol. The van der Waals surface area contributed by atoms with Crippen LogP contribution in [0.15, 0.2) is 30.5 Å². The van der Waals surface area contributed by atoms with Crippen LogP contribution >= 0.6 is 0 Å². The molecule has 3 N–H and O–H groups in total. The molecule has 2 aromatic rings. The van der Waals surface area contributed by atoms with E-state index in [1.165, 1.54) is 0 Å². The lowest BCUT2D eigenvalue weighted by atomic mass is 10.1. The van der Waals surface area contributed by atoms with Crippen molar-refractivity contribution in [3.05, 3.63) is 41.7 Å². The van der Waals surface area contributed by atoms with Crippen molar-refractivity contribution in [2.45, 2.75) is 13.0 Å². The molecule has 5 nitrogen and oxygen atoms in total. The molecule has 0 aliphatic rings. The van der Waals surface area contributed by atoms with E-state index in [0.717, 1.165) is 16.9 Å². The molecule has 0 unspecified atom stereocenters. The first-order valence-corrected chi connectivity index (χ1v) is 5.67. The summed E-state index contributed by atoms with van der Waals surface area (Å²) in [6, 6.07) is 9.71. The van der Waals surface area contributed by atoms with Crippen molar-refractivity contribution in [3.8, 4) is 6.07 Å². The summed E-state index contributed by atoms with van der Waals surface area (Å²) >= 11 is 0. The highest BCUT2D eigenvalue weighted by Gasteiger charge is 2.02. The van der Waals surface area contributed by atoms with Crippen LogP contribution in [0.1, 0.15) is 11.3 Å². The molecule has 2 rings (SSSR count). The van der Waals surface area contributed by atoms with Gasteiger partial charge in [0.05, 0.1) is 24.7 Å². The van der Waals surface area contributed by atoms with Crippen LogP contribution in [0.4, 0.5) is 11.4 Å². The molecule has 1 aromatic heterocycles. The first-order valence-electron chi connectivity index (χ1n) is 5.67. The lowest BCUT2D eigenvalue weighted by Crippen LogP contribution is -2.06. The van der Waals surface area contributed by atoms with Crippen LogP contribution in [0.2, 0.25) is 0 Å². The zero-order valence-electron chi connectivity index (χ0n) is 10.2. The van der Waals surface area contributed by atoms with Crippen LogP contribution in [-0.2, 0) is 20.0 Å². The number of nitrogen functional groups attached to an aromatic ring is 1. The summed E-state index contributed by atoms with van der Waals surface area (Å²) in [6.07, 6.45) is 2.09. The lowest BCUT2D eigenvalue weighted by Gasteiger charge is -2.09. The molecule has 1 heterocycles. The van der Waals surface area contributed by atoms with Crippen molar-refractivity contribution in [1.29, 1.82) is 5.26 Å². The highest BCUT2D eigenvalue weighted by Crippen LogP contribution is 2.18. The Kier molecular flexibility index (Phi) is 3.49. The summed E-state index contributed by atoms with van der Waals surface area (Å²) in [5, 5.41) is 16.1. The lowest BCUT2D eigenvalue weighted by molar-refractivity contribution is 0.720. The molecule has 18 heavy (non-hydrogen) atoms. The van der Waals surface area contributed by atoms with Gasteiger partial charge in [-0.1, -0.05) is 0 Å². The SMILES string of the molecule is Cn1nccc1CNc1ccc(N)c(CC#N)c1. The third-order valence-electron chi connectivity index (χ3n) is 2.81. The van der Waals surface area contributed by atoms with E-state index in [9.17, 15) is 0 Å². The molecule has 0 saturated heterocycles. The van der Waals surface area contributed by atoms with Crippen molar-refractivity contribution in [2.24, 2.45) is 7.05 Å². The fraction of sp³-hybridized carbons (Fsp3) is 0.231. The maximum Gasteiger partial charge on any atom is 0.0670 e. The predicted molar refractivity (Wildman–Crippen MR) is 70.7 cm³/mol. The summed E-state index contributed by atoms with van der Waals surface area (Å²) in [5.74, 6) is 0. The number of hydrogen-bond acceptors (Lipinski definition) is 4. The Hall–Kier alpha value is -2.48. The minimum Gasteiger partial charge on any atom is -0.398 e. The molecule has 0 atom stereocenters. The number of nitrogens with one attached hydrogen (secondary N) is 1. The van der Waals surface area contributed by atoms with Crippen molar-refractivity contribution in [3.63, 3.8) is 0 Å². The van der Waals surface area contributed by atoms with E-state index in [1.54, 1.807) is 6.20 Å². The standard InChI is InChI=1S/C13H15N5/c1-18-12(5-7-17-18)9-16-11-2-3-13(15)10(8-11)4-6-14/h2-3,5,7-8,16H,4,9,15H2,1H3. The number of benzene rings is 1. The van der Waals surface area contributed by atoms with E-state index in [0.29, 0.717) is 18.7 Å². The second-order valence-electron chi connectivity index (χ2n) is 4.05. The molecule has 0 aliphatic carbocycles. The topological polar surface area (TPSA) is 79.7 Å². The maximum atomic E-state index is 8.71. The summed E-state index contributed by atoms with van der Waals surface area (Å²) in [7, 11) is 1.90. The molecule has 0 amide bonds. The molecular formula is C13H15N5. The first-order chi connectivity index (χ1) is 8.70. The molecule has 0 spiro atoms. The normalized spacial score (nSPS) is 10.0. The van der Waals surface area contributed by atoms with Gasteiger partial charge in [0.15, 0.2) is 0 Å². The van der Waals surface area contributed by atoms with Gasteiger partial charge in [0.25, 0.3) is 0 Å². The van der Waals surface area contributed by atoms with Crippen LogP contribution in [0.5, 0.6) is 0 Å². The van der Waals surface area contributed by atoms with E-state index in [2.05, 4.69) is 16.5 Å². The number of nitriles is 1. The number of aryl methyl sites for hydroxylation is 1. The first kappa shape index (κ1) is 12.0. The fourth-order valence-electron chi connectivity index (χ4n) is 1.72. The van der Waals surface area contributed by atoms with Crippen LogP contribution in [0, 0.1) is 11.3 Å². The molecule has 0 radical (unpaired) electrons. The van der Waals surface area contributed by atoms with Crippen molar-refractivity contribution in [2.75, 3.05) is 11.1 Å². The third kappa shape index (κ3) is 2.61. The maximum absolute atomic E-state index is 8.71. The summed E-state index contributed by atoms with van der Waals surface area (Å²) < 4.78 is 1.82. The Morgan fingerprint density at radius 3 is 2.94 bits per heavy atom. The van der Waals surface area contributed by atoms with E-state index in [4.69, 9.17) is 11.0 Å². The molecule has 92 valence electrons. The van der Waals surface area contributed by atoms with Crippen LogP contribution in [0.3, 0.4) is 0 Å². The van der Waals surface area contributed by atoms with Gasteiger partial charge in [0.1, 0.15) is 0 Å². The summed E-state index contributed by atoms with van der Waals surface area (Å²) in [5.41, 5.74) is 9.35. The van der Waals surface area contributed by atoms with Crippen LogP contribution < -0.4 is 11.1 Å². The second kappa shape index (κ2) is 5.23. The average Bonchev–Trinajstić information content (AvgIpc) is 2.76. The number of rotatable bonds is 4. The number of nitrogens with two attached hydrogens (primary N) is 1. The quantitative estimate of drug-likeness (QED) is 0.798. The van der Waals surface area contributed by atoms with Crippen molar-refractivity contribution < 1.29 is 0 Å². The van der Waals surface area contributed by atoms with Gasteiger partial charge in [-0.2, -0.15) is 10.4 Å². The Morgan fingerprint density at radius 1 is 1.44 bits per heavy atom. The number of nitrogens with zero attached hydrogens (tertiary/aromatic N) is 3. The van der Waals surface area contributed by atoms with Gasteiger partial charge >= 0.3 is 0 Å². The molecule has 0 aliphatic heterocycles. The Labute approximate surface area is 106 Å². The largest absolute Gasteiger partial charge is 0.398 e. The van der Waals surface area contributed by atoms with Crippen molar-refractivity contribution >= 4 is 11.4 Å². The molecule has 5 heteroatoms. The summed E-state index contributed by atoms with van der Waals surface area (Å²) in [4.78, 5) is 0. The van der Waals surface area contributed by atoms with Gasteiger partial charge in [0.2, 0.25) is 0 Å². The number of hydrogen-bond donors (Lipinski definition) is 2. The zero-order chi connectivity index (χ0) is 13.0. The summed E-state index contributed by atoms with van der Waals surface area (Å²) in [6.45, 7) is 0.687. The number of anilines is 2. The average molecular weight is 241 g/mol. The Balaban J connectivity index is 2.08. The molecule has 0 saturated carbocycles. The van der Waals surface area contributed by atoms with Gasteiger partial charge in [0, 0.05) is 24.6 Å². The monoisotopic (exact) mass is 241 g/mol. The van der Waals surface area contributed by atoms with Gasteiger partial charge in [-0.05, 0) is 29.8 Å². The smallest absolute Gasteiger partial charge is 0.0670 e. The van der Waals surface area contributed by atoms with Crippen LogP contribution in [0.25, 0.3) is 0 Å². The molecule has 1 aromatic carbocycles. The van der Waals surface area contributed by atoms with Crippen LogP contribution in [-0.4, -0.2) is 9.78 Å². The fourth-order valence-corrected chi connectivity index (χ4v) is 1.72. The predicted octanol–water partition coefficient (Wildman–Crippen LogP) is 1.68. The van der Waals surface area contributed by atoms with E-state index in [-0.39, 0.29) is 0 Å². The Morgan fingerprint density at radius 2 is 2.28 bits per heavy atom. The Bertz CT molecular complexity index is 579. The minimum absolute atomic E-state index is 0.326. The third-order valence-corrected chi connectivity index (χ3v) is 2.81. The highest BCUT2D eigenvalue weighted by atomic mass is 15.3. The van der Waals surface area contributed by atoms with Crippen molar-refractivity contribution in [1.82, 2.24) is 9.78 Å². The van der Waals surface area contributed by atoms with E-state index in [1.807, 2.05) is 36.0 Å². The number of aromatic nitrogens is 2. The second-order valence-corrected chi connectivity index (χ2v) is 4.05. The van der Waals surface area contributed by atoms with E-state index < -0.39 is 0 Å². The highest BCUT2D eigenvalue weighted by molar-refractivity contribution is 5.58. The minimum atomic E-state index is 0.326.